The lowest BCUT2D eigenvalue weighted by molar-refractivity contribution is -0.130. The van der Waals surface area contributed by atoms with Gasteiger partial charge < -0.3 is 16.0 Å². The minimum Gasteiger partial charge on any atom is -0.343 e. The Morgan fingerprint density at radius 1 is 1.16 bits per heavy atom. The molecule has 1 aromatic rings. The van der Waals surface area contributed by atoms with Crippen LogP contribution in [0.2, 0.25) is 0 Å². The fourth-order valence-electron chi connectivity index (χ4n) is 3.47. The van der Waals surface area contributed by atoms with E-state index < -0.39 is 0 Å². The molecule has 0 saturated heterocycles. The van der Waals surface area contributed by atoms with Gasteiger partial charge in [-0.2, -0.15) is 0 Å². The Hall–Kier alpha value is -1.59. The van der Waals surface area contributed by atoms with E-state index >= 15 is 0 Å². The molecule has 0 heterocycles. The Labute approximate surface area is 156 Å². The first-order valence-corrected chi connectivity index (χ1v) is 8.96. The van der Waals surface area contributed by atoms with Gasteiger partial charge in [0.1, 0.15) is 0 Å². The van der Waals surface area contributed by atoms with Crippen molar-refractivity contribution in [3.05, 3.63) is 29.8 Å². The predicted molar refractivity (Wildman–Crippen MR) is 104 cm³/mol. The fraction of sp³-hybridized carbons (Fsp3) is 0.579. The van der Waals surface area contributed by atoms with Crippen molar-refractivity contribution in [3.8, 4) is 0 Å². The number of amides is 2. The topological polar surface area (TPSA) is 75.4 Å². The summed E-state index contributed by atoms with van der Waals surface area (Å²) >= 11 is 0. The maximum atomic E-state index is 12.4. The van der Waals surface area contributed by atoms with Crippen molar-refractivity contribution in [1.82, 2.24) is 4.90 Å². The van der Waals surface area contributed by atoms with Crippen LogP contribution in [0.15, 0.2) is 24.3 Å². The zero-order chi connectivity index (χ0) is 17.5. The van der Waals surface area contributed by atoms with Crippen LogP contribution in [0.1, 0.15) is 38.7 Å². The van der Waals surface area contributed by atoms with E-state index in [0.29, 0.717) is 18.9 Å². The van der Waals surface area contributed by atoms with Gasteiger partial charge in [0.15, 0.2) is 0 Å². The van der Waals surface area contributed by atoms with E-state index in [0.717, 1.165) is 43.6 Å². The number of hydrogen-bond acceptors (Lipinski definition) is 3. The fourth-order valence-corrected chi connectivity index (χ4v) is 3.47. The SMILES string of the molecule is CCN(CC)C(=O)Cc1ccc(NC(=O)[C@@H]2CCC[C@@H]2CN)cc1.Cl. The standard InChI is InChI=1S/C19H29N3O2.ClH/c1-3-22(4-2)18(23)12-14-8-10-16(11-9-14)21-19(24)17-7-5-6-15(17)13-20;/h8-11,15,17H,3-7,12-13,20H2,1-2H3,(H,21,24);1H/t15-,17-;/m1./s1. The van der Waals surface area contributed by atoms with Crippen LogP contribution in [0.4, 0.5) is 5.69 Å². The Kier molecular flexibility index (Phi) is 8.93. The van der Waals surface area contributed by atoms with E-state index in [-0.39, 0.29) is 30.1 Å². The summed E-state index contributed by atoms with van der Waals surface area (Å²) in [5.41, 5.74) is 7.50. The van der Waals surface area contributed by atoms with Gasteiger partial charge in [-0.05, 0) is 56.8 Å². The molecule has 0 spiro atoms. The molecule has 1 aliphatic rings. The summed E-state index contributed by atoms with van der Waals surface area (Å²) < 4.78 is 0. The van der Waals surface area contributed by atoms with Crippen molar-refractivity contribution in [3.63, 3.8) is 0 Å². The number of nitrogens with two attached hydrogens (primary N) is 1. The summed E-state index contributed by atoms with van der Waals surface area (Å²) in [6.07, 6.45) is 3.44. The van der Waals surface area contributed by atoms with Crippen LogP contribution in [-0.2, 0) is 16.0 Å². The number of carbonyl (C=O) groups excluding carboxylic acids is 2. The van der Waals surface area contributed by atoms with Gasteiger partial charge in [-0.3, -0.25) is 9.59 Å². The van der Waals surface area contributed by atoms with Crippen molar-refractivity contribution in [2.75, 3.05) is 25.0 Å². The van der Waals surface area contributed by atoms with Crippen molar-refractivity contribution < 1.29 is 9.59 Å². The summed E-state index contributed by atoms with van der Waals surface area (Å²) in [7, 11) is 0. The van der Waals surface area contributed by atoms with Gasteiger partial charge in [0, 0.05) is 24.7 Å². The highest BCUT2D eigenvalue weighted by Gasteiger charge is 2.31. The molecular weight excluding hydrogens is 338 g/mol. The average molecular weight is 368 g/mol. The van der Waals surface area contributed by atoms with E-state index in [1.165, 1.54) is 0 Å². The number of nitrogens with zero attached hydrogens (tertiary/aromatic N) is 1. The summed E-state index contributed by atoms with van der Waals surface area (Å²) in [6, 6.07) is 7.56. The third-order valence-corrected chi connectivity index (χ3v) is 4.99. The predicted octanol–water partition coefficient (Wildman–Crippen LogP) is 2.83. The van der Waals surface area contributed by atoms with Gasteiger partial charge in [0.2, 0.25) is 11.8 Å². The molecule has 6 heteroatoms. The zero-order valence-electron chi connectivity index (χ0n) is 15.2. The maximum absolute atomic E-state index is 12.4. The lowest BCUT2D eigenvalue weighted by atomic mass is 9.95. The van der Waals surface area contributed by atoms with E-state index in [4.69, 9.17) is 5.73 Å². The van der Waals surface area contributed by atoms with Gasteiger partial charge in [-0.25, -0.2) is 0 Å². The van der Waals surface area contributed by atoms with Crippen LogP contribution in [0.25, 0.3) is 0 Å². The van der Waals surface area contributed by atoms with Crippen LogP contribution >= 0.6 is 12.4 Å². The molecule has 140 valence electrons. The Morgan fingerprint density at radius 3 is 2.36 bits per heavy atom. The molecule has 0 aromatic heterocycles. The van der Waals surface area contributed by atoms with Gasteiger partial charge in [-0.1, -0.05) is 18.6 Å². The molecule has 2 amide bonds. The van der Waals surface area contributed by atoms with Gasteiger partial charge in [0.05, 0.1) is 6.42 Å². The second-order valence-electron chi connectivity index (χ2n) is 6.46. The lowest BCUT2D eigenvalue weighted by Gasteiger charge is -2.19. The molecule has 1 aromatic carbocycles. The van der Waals surface area contributed by atoms with Crippen molar-refractivity contribution in [2.45, 2.75) is 39.5 Å². The molecule has 3 N–H and O–H groups in total. The van der Waals surface area contributed by atoms with Gasteiger partial charge in [-0.15, -0.1) is 12.4 Å². The molecule has 1 aliphatic carbocycles. The smallest absolute Gasteiger partial charge is 0.227 e. The highest BCUT2D eigenvalue weighted by Crippen LogP contribution is 2.31. The minimum atomic E-state index is 0. The summed E-state index contributed by atoms with van der Waals surface area (Å²) in [5, 5.41) is 2.98. The van der Waals surface area contributed by atoms with Crippen LogP contribution in [0.3, 0.4) is 0 Å². The lowest BCUT2D eigenvalue weighted by Crippen LogP contribution is -2.31. The second-order valence-corrected chi connectivity index (χ2v) is 6.46. The minimum absolute atomic E-state index is 0. The Bertz CT molecular complexity index is 558. The molecule has 5 nitrogen and oxygen atoms in total. The largest absolute Gasteiger partial charge is 0.343 e. The average Bonchev–Trinajstić information content (AvgIpc) is 3.06. The Balaban J connectivity index is 0.00000312. The summed E-state index contributed by atoms with van der Waals surface area (Å²) in [6.45, 7) is 6.00. The quantitative estimate of drug-likeness (QED) is 0.778. The highest BCUT2D eigenvalue weighted by atomic mass is 35.5. The maximum Gasteiger partial charge on any atom is 0.227 e. The number of likely N-dealkylation sites (N-methyl/N-ethyl adjacent to an activating group) is 1. The van der Waals surface area contributed by atoms with Crippen LogP contribution in [0.5, 0.6) is 0 Å². The molecular formula is C19H30ClN3O2. The number of nitrogens with one attached hydrogen (secondary N) is 1. The normalized spacial score (nSPS) is 19.2. The van der Waals surface area contributed by atoms with Crippen molar-refractivity contribution >= 4 is 29.9 Å². The Morgan fingerprint density at radius 2 is 1.80 bits per heavy atom. The number of anilines is 1. The third-order valence-electron chi connectivity index (χ3n) is 4.99. The first-order chi connectivity index (χ1) is 11.6. The molecule has 0 aliphatic heterocycles. The summed E-state index contributed by atoms with van der Waals surface area (Å²) in [4.78, 5) is 26.3. The first kappa shape index (κ1) is 21.5. The van der Waals surface area contributed by atoms with E-state index in [1.54, 1.807) is 0 Å². The van der Waals surface area contributed by atoms with E-state index in [1.807, 2.05) is 43.0 Å². The highest BCUT2D eigenvalue weighted by molar-refractivity contribution is 5.93. The number of hydrogen-bond donors (Lipinski definition) is 2. The van der Waals surface area contributed by atoms with E-state index in [9.17, 15) is 9.59 Å². The zero-order valence-corrected chi connectivity index (χ0v) is 16.0. The van der Waals surface area contributed by atoms with E-state index in [2.05, 4.69) is 5.32 Å². The molecule has 0 unspecified atom stereocenters. The second kappa shape index (κ2) is 10.4. The molecule has 25 heavy (non-hydrogen) atoms. The molecule has 2 atom stereocenters. The number of halogens is 1. The van der Waals surface area contributed by atoms with Crippen LogP contribution in [0, 0.1) is 11.8 Å². The number of rotatable bonds is 7. The van der Waals surface area contributed by atoms with Crippen LogP contribution < -0.4 is 11.1 Å². The monoisotopic (exact) mass is 367 g/mol. The molecule has 2 rings (SSSR count). The summed E-state index contributed by atoms with van der Waals surface area (Å²) in [5.74, 6) is 0.526. The van der Waals surface area contributed by atoms with Crippen molar-refractivity contribution in [2.24, 2.45) is 17.6 Å². The van der Waals surface area contributed by atoms with Gasteiger partial charge in [0.25, 0.3) is 0 Å². The number of benzene rings is 1. The molecule has 1 fully saturated rings. The molecule has 1 saturated carbocycles. The molecule has 0 bridgehead atoms. The first-order valence-electron chi connectivity index (χ1n) is 8.96. The van der Waals surface area contributed by atoms with Gasteiger partial charge >= 0.3 is 0 Å². The van der Waals surface area contributed by atoms with Crippen LogP contribution in [-0.4, -0.2) is 36.3 Å². The molecule has 0 radical (unpaired) electrons. The number of carbonyl (C=O) groups is 2. The van der Waals surface area contributed by atoms with Crippen molar-refractivity contribution in [1.29, 1.82) is 0 Å². The third kappa shape index (κ3) is 5.72.